The summed E-state index contributed by atoms with van der Waals surface area (Å²) in [6, 6.07) is 0.515. The Labute approximate surface area is 127 Å². The summed E-state index contributed by atoms with van der Waals surface area (Å²) in [6.45, 7) is 16.7. The van der Waals surface area contributed by atoms with Gasteiger partial charge in [0.05, 0.1) is 0 Å². The minimum atomic E-state index is 0.206. The van der Waals surface area contributed by atoms with Crippen LogP contribution in [-0.4, -0.2) is 24.5 Å². The fraction of sp³-hybridized carbons (Fsp3) is 0.684. The monoisotopic (exact) mass is 277 g/mol. The second kappa shape index (κ2) is 9.18. The molecule has 1 nitrogen and oxygen atoms in total. The predicted molar refractivity (Wildman–Crippen MR) is 93.0 cm³/mol. The summed E-state index contributed by atoms with van der Waals surface area (Å²) in [6.07, 6.45) is 12.5. The van der Waals surface area contributed by atoms with Crippen LogP contribution in [0.25, 0.3) is 0 Å². The highest BCUT2D eigenvalue weighted by Crippen LogP contribution is 2.26. The van der Waals surface area contributed by atoms with Crippen molar-refractivity contribution in [3.63, 3.8) is 0 Å². The Bertz CT molecular complexity index is 345. The molecule has 0 amide bonds. The molecule has 0 heterocycles. The number of allylic oxidation sites excluding steroid dienone is 4. The molecule has 1 unspecified atom stereocenters. The topological polar surface area (TPSA) is 3.24 Å². The summed E-state index contributed by atoms with van der Waals surface area (Å²) in [7, 11) is 2.21. The fourth-order valence-corrected chi connectivity index (χ4v) is 2.38. The van der Waals surface area contributed by atoms with Crippen LogP contribution in [0.1, 0.15) is 54.9 Å². The van der Waals surface area contributed by atoms with Crippen molar-refractivity contribution in [1.29, 1.82) is 0 Å². The highest BCUT2D eigenvalue weighted by Gasteiger charge is 2.25. The maximum Gasteiger partial charge on any atom is 0.0166 e. The summed E-state index contributed by atoms with van der Waals surface area (Å²) in [4.78, 5) is 2.42. The smallest absolute Gasteiger partial charge is 0.0166 e. The minimum absolute atomic E-state index is 0.206. The molecule has 20 heavy (non-hydrogen) atoms. The highest BCUT2D eigenvalue weighted by atomic mass is 15.1. The zero-order valence-electron chi connectivity index (χ0n) is 14.9. The van der Waals surface area contributed by atoms with Gasteiger partial charge in [0.25, 0.3) is 0 Å². The Morgan fingerprint density at radius 1 is 1.20 bits per heavy atom. The molecule has 0 saturated carbocycles. The molecule has 0 spiro atoms. The number of hydrogen-bond acceptors (Lipinski definition) is 1. The van der Waals surface area contributed by atoms with E-state index in [1.807, 2.05) is 0 Å². The molecule has 0 rings (SSSR count). The Balaban J connectivity index is 4.62. The Morgan fingerprint density at radius 3 is 2.25 bits per heavy atom. The van der Waals surface area contributed by atoms with Crippen LogP contribution in [0.4, 0.5) is 0 Å². The van der Waals surface area contributed by atoms with Crippen LogP contribution in [-0.2, 0) is 0 Å². The van der Waals surface area contributed by atoms with Crippen LogP contribution in [0.2, 0.25) is 0 Å². The third-order valence-electron chi connectivity index (χ3n) is 4.14. The molecular formula is C19H35N. The van der Waals surface area contributed by atoms with Gasteiger partial charge in [-0.2, -0.15) is 0 Å². The SMILES string of the molecule is CC=CC(C)(C)C(C)N(C)C/C=C\C(=C/CC)C(C)C. The molecule has 0 fully saturated rings. The van der Waals surface area contributed by atoms with Gasteiger partial charge in [0, 0.05) is 12.6 Å². The molecule has 0 aromatic heterocycles. The third-order valence-corrected chi connectivity index (χ3v) is 4.14. The van der Waals surface area contributed by atoms with E-state index in [0.717, 1.165) is 13.0 Å². The van der Waals surface area contributed by atoms with Gasteiger partial charge in [0.15, 0.2) is 0 Å². The largest absolute Gasteiger partial charge is 0.299 e. The number of likely N-dealkylation sites (N-methyl/N-ethyl adjacent to an activating group) is 1. The van der Waals surface area contributed by atoms with E-state index in [4.69, 9.17) is 0 Å². The van der Waals surface area contributed by atoms with Gasteiger partial charge in [-0.3, -0.25) is 4.90 Å². The maximum atomic E-state index is 2.42. The van der Waals surface area contributed by atoms with E-state index in [1.165, 1.54) is 5.57 Å². The minimum Gasteiger partial charge on any atom is -0.299 e. The Kier molecular flexibility index (Phi) is 8.80. The lowest BCUT2D eigenvalue weighted by molar-refractivity contribution is 0.177. The lowest BCUT2D eigenvalue weighted by Crippen LogP contribution is -2.40. The van der Waals surface area contributed by atoms with E-state index in [1.54, 1.807) is 0 Å². The Morgan fingerprint density at radius 2 is 1.80 bits per heavy atom. The molecule has 0 bridgehead atoms. The van der Waals surface area contributed by atoms with Crippen molar-refractivity contribution >= 4 is 0 Å². The molecule has 0 aliphatic carbocycles. The molecule has 116 valence electrons. The van der Waals surface area contributed by atoms with E-state index in [9.17, 15) is 0 Å². The standard InChI is InChI=1S/C19H35N/c1-9-12-18(16(3)4)13-11-15-20(8)17(5)19(6,7)14-10-2/h10-14,16-17H,9,15H2,1-8H3/b13-11-,14-10?,18-12+. The van der Waals surface area contributed by atoms with Crippen molar-refractivity contribution in [3.05, 3.63) is 36.0 Å². The maximum absolute atomic E-state index is 2.42. The normalized spacial score (nSPS) is 16.0. The summed E-state index contributed by atoms with van der Waals surface area (Å²) in [5.41, 5.74) is 1.65. The van der Waals surface area contributed by atoms with Crippen molar-refractivity contribution in [2.24, 2.45) is 11.3 Å². The molecule has 0 aliphatic heterocycles. The van der Waals surface area contributed by atoms with Crippen LogP contribution < -0.4 is 0 Å². The average Bonchev–Trinajstić information content (AvgIpc) is 2.36. The molecule has 1 heteroatoms. The lowest BCUT2D eigenvalue weighted by Gasteiger charge is -2.35. The van der Waals surface area contributed by atoms with Gasteiger partial charge in [0.1, 0.15) is 0 Å². The van der Waals surface area contributed by atoms with E-state index in [0.29, 0.717) is 12.0 Å². The van der Waals surface area contributed by atoms with Crippen molar-refractivity contribution in [2.75, 3.05) is 13.6 Å². The van der Waals surface area contributed by atoms with E-state index in [-0.39, 0.29) is 5.41 Å². The van der Waals surface area contributed by atoms with Crippen LogP contribution >= 0.6 is 0 Å². The van der Waals surface area contributed by atoms with Gasteiger partial charge < -0.3 is 0 Å². The van der Waals surface area contributed by atoms with Crippen LogP contribution in [0, 0.1) is 11.3 Å². The highest BCUT2D eigenvalue weighted by molar-refractivity contribution is 5.20. The van der Waals surface area contributed by atoms with Gasteiger partial charge >= 0.3 is 0 Å². The van der Waals surface area contributed by atoms with Gasteiger partial charge in [-0.05, 0) is 44.2 Å². The van der Waals surface area contributed by atoms with Crippen molar-refractivity contribution in [2.45, 2.75) is 60.9 Å². The molecule has 1 atom stereocenters. The van der Waals surface area contributed by atoms with E-state index < -0.39 is 0 Å². The predicted octanol–water partition coefficient (Wildman–Crippen LogP) is 5.46. The van der Waals surface area contributed by atoms with Crippen LogP contribution in [0.15, 0.2) is 36.0 Å². The first kappa shape index (κ1) is 19.2. The third kappa shape index (κ3) is 6.56. The summed E-state index contributed by atoms with van der Waals surface area (Å²) in [5.74, 6) is 0.605. The Hall–Kier alpha value is -0.820. The summed E-state index contributed by atoms with van der Waals surface area (Å²) >= 11 is 0. The summed E-state index contributed by atoms with van der Waals surface area (Å²) < 4.78 is 0. The average molecular weight is 277 g/mol. The quantitative estimate of drug-likeness (QED) is 0.421. The van der Waals surface area contributed by atoms with Gasteiger partial charge in [0.2, 0.25) is 0 Å². The molecule has 0 aliphatic rings. The zero-order valence-corrected chi connectivity index (χ0v) is 14.9. The lowest BCUT2D eigenvalue weighted by atomic mass is 9.84. The van der Waals surface area contributed by atoms with Gasteiger partial charge in [-0.25, -0.2) is 0 Å². The first-order chi connectivity index (χ1) is 9.26. The molecule has 0 radical (unpaired) electrons. The molecule has 0 aromatic carbocycles. The number of rotatable bonds is 8. The molecule has 0 N–H and O–H groups in total. The van der Waals surface area contributed by atoms with Crippen molar-refractivity contribution in [3.8, 4) is 0 Å². The molecular weight excluding hydrogens is 242 g/mol. The van der Waals surface area contributed by atoms with Gasteiger partial charge in [-0.1, -0.05) is 65.0 Å². The first-order valence-corrected chi connectivity index (χ1v) is 7.96. The molecule has 0 saturated heterocycles. The van der Waals surface area contributed by atoms with Gasteiger partial charge in [-0.15, -0.1) is 0 Å². The van der Waals surface area contributed by atoms with Crippen LogP contribution in [0.3, 0.4) is 0 Å². The van der Waals surface area contributed by atoms with Crippen molar-refractivity contribution in [1.82, 2.24) is 4.90 Å². The second-order valence-corrected chi connectivity index (χ2v) is 6.61. The first-order valence-electron chi connectivity index (χ1n) is 7.96. The van der Waals surface area contributed by atoms with E-state index in [2.05, 4.69) is 90.8 Å². The number of hydrogen-bond donors (Lipinski definition) is 0. The summed E-state index contributed by atoms with van der Waals surface area (Å²) in [5, 5.41) is 0. The van der Waals surface area contributed by atoms with E-state index >= 15 is 0 Å². The van der Waals surface area contributed by atoms with Crippen molar-refractivity contribution < 1.29 is 0 Å². The second-order valence-electron chi connectivity index (χ2n) is 6.61. The fourth-order valence-electron chi connectivity index (χ4n) is 2.38. The number of nitrogens with zero attached hydrogens (tertiary/aromatic N) is 1. The zero-order chi connectivity index (χ0) is 15.8. The van der Waals surface area contributed by atoms with Crippen LogP contribution in [0.5, 0.6) is 0 Å². The molecule has 0 aromatic rings.